The molecule has 0 saturated heterocycles. The van der Waals surface area contributed by atoms with Gasteiger partial charge in [-0.3, -0.25) is 9.58 Å². The van der Waals surface area contributed by atoms with Crippen molar-refractivity contribution in [2.75, 3.05) is 19.6 Å². The molecule has 1 aromatic heterocycles. The molecule has 0 spiro atoms. The van der Waals surface area contributed by atoms with Crippen molar-refractivity contribution >= 4 is 10.9 Å². The second-order valence-electron chi connectivity index (χ2n) is 4.69. The lowest BCUT2D eigenvalue weighted by atomic mass is 10.2. The third-order valence-electron chi connectivity index (χ3n) is 3.25. The Morgan fingerprint density at radius 1 is 1.35 bits per heavy atom. The highest BCUT2D eigenvalue weighted by molar-refractivity contribution is 5.81. The van der Waals surface area contributed by atoms with Crippen LogP contribution in [0.1, 0.15) is 12.6 Å². The van der Waals surface area contributed by atoms with Gasteiger partial charge < -0.3 is 5.73 Å². The summed E-state index contributed by atoms with van der Waals surface area (Å²) in [5, 5.41) is 5.55. The van der Waals surface area contributed by atoms with Gasteiger partial charge in [0.1, 0.15) is 0 Å². The van der Waals surface area contributed by atoms with Crippen molar-refractivity contribution in [1.29, 1.82) is 0 Å². The lowest BCUT2D eigenvalue weighted by Crippen LogP contribution is -2.33. The third-order valence-corrected chi connectivity index (χ3v) is 3.25. The Morgan fingerprint density at radius 2 is 2.10 bits per heavy atom. The molecule has 0 unspecified atom stereocenters. The predicted molar refractivity (Wildman–Crippen MR) is 75.7 cm³/mol. The molecule has 0 aliphatic carbocycles. The quantitative estimate of drug-likeness (QED) is 0.846. The average Bonchev–Trinajstić information content (AvgIpc) is 2.77. The summed E-state index contributed by atoms with van der Waals surface area (Å²) in [6.07, 6.45) is -2.36. The molecule has 110 valence electrons. The normalized spacial score (nSPS) is 11.9. The molecular formula is C14H20F2N4. The van der Waals surface area contributed by atoms with Gasteiger partial charge in [-0.2, -0.15) is 5.10 Å². The van der Waals surface area contributed by atoms with Gasteiger partial charge in [0, 0.05) is 31.6 Å². The minimum Gasteiger partial charge on any atom is -0.329 e. The van der Waals surface area contributed by atoms with E-state index in [1.54, 1.807) is 4.90 Å². The maximum atomic E-state index is 12.6. The fourth-order valence-corrected chi connectivity index (χ4v) is 2.38. The number of aromatic nitrogens is 2. The number of halogens is 2. The number of nitrogens with zero attached hydrogens (tertiary/aromatic N) is 3. The monoisotopic (exact) mass is 282 g/mol. The molecular weight excluding hydrogens is 262 g/mol. The molecule has 2 aromatic rings. The van der Waals surface area contributed by atoms with Crippen molar-refractivity contribution in [2.24, 2.45) is 5.73 Å². The molecule has 1 aromatic carbocycles. The van der Waals surface area contributed by atoms with E-state index in [0.29, 0.717) is 19.6 Å². The lowest BCUT2D eigenvalue weighted by molar-refractivity contribution is 0.0857. The minimum atomic E-state index is -2.36. The molecule has 2 rings (SSSR count). The molecule has 0 bridgehead atoms. The van der Waals surface area contributed by atoms with Crippen LogP contribution in [-0.2, 0) is 13.1 Å². The van der Waals surface area contributed by atoms with Crippen LogP contribution in [0.15, 0.2) is 24.3 Å². The molecule has 0 aliphatic heterocycles. The van der Waals surface area contributed by atoms with Crippen LogP contribution in [0, 0.1) is 0 Å². The third kappa shape index (κ3) is 3.32. The average molecular weight is 282 g/mol. The molecule has 0 atom stereocenters. The van der Waals surface area contributed by atoms with E-state index in [0.717, 1.165) is 23.1 Å². The molecule has 0 radical (unpaired) electrons. The van der Waals surface area contributed by atoms with E-state index in [4.69, 9.17) is 5.73 Å². The van der Waals surface area contributed by atoms with Gasteiger partial charge in [-0.05, 0) is 13.0 Å². The first-order valence-corrected chi connectivity index (χ1v) is 6.80. The standard InChI is InChI=1S/C14H20F2N4/c1-2-20-13-6-4-3-5-11(13)12(18-20)9-19(8-7-17)10-14(15)16/h3-6,14H,2,7-10,17H2,1H3. The Labute approximate surface area is 117 Å². The molecule has 2 N–H and O–H groups in total. The van der Waals surface area contributed by atoms with Crippen LogP contribution in [0.3, 0.4) is 0 Å². The van der Waals surface area contributed by atoms with Gasteiger partial charge in [0.25, 0.3) is 6.43 Å². The van der Waals surface area contributed by atoms with Gasteiger partial charge >= 0.3 is 0 Å². The lowest BCUT2D eigenvalue weighted by Gasteiger charge is -2.19. The summed E-state index contributed by atoms with van der Waals surface area (Å²) in [5.41, 5.74) is 7.36. The van der Waals surface area contributed by atoms with Gasteiger partial charge in [0.2, 0.25) is 0 Å². The highest BCUT2D eigenvalue weighted by Crippen LogP contribution is 2.20. The van der Waals surface area contributed by atoms with Crippen LogP contribution in [0.25, 0.3) is 10.9 Å². The molecule has 0 fully saturated rings. The zero-order chi connectivity index (χ0) is 14.5. The predicted octanol–water partition coefficient (Wildman–Crippen LogP) is 2.08. The summed E-state index contributed by atoms with van der Waals surface area (Å²) in [6.45, 7) is 3.70. The number of nitrogens with two attached hydrogens (primary N) is 1. The number of benzene rings is 1. The molecule has 0 saturated carbocycles. The molecule has 4 nitrogen and oxygen atoms in total. The highest BCUT2D eigenvalue weighted by atomic mass is 19.3. The summed E-state index contributed by atoms with van der Waals surface area (Å²) < 4.78 is 27.1. The van der Waals surface area contributed by atoms with Gasteiger partial charge in [-0.1, -0.05) is 18.2 Å². The zero-order valence-corrected chi connectivity index (χ0v) is 11.6. The number of hydrogen-bond acceptors (Lipinski definition) is 3. The summed E-state index contributed by atoms with van der Waals surface area (Å²) in [4.78, 5) is 1.65. The minimum absolute atomic E-state index is 0.273. The van der Waals surface area contributed by atoms with Gasteiger partial charge in [-0.15, -0.1) is 0 Å². The van der Waals surface area contributed by atoms with Crippen molar-refractivity contribution in [3.05, 3.63) is 30.0 Å². The zero-order valence-electron chi connectivity index (χ0n) is 11.6. The molecule has 0 amide bonds. The van der Waals surface area contributed by atoms with Crippen molar-refractivity contribution in [1.82, 2.24) is 14.7 Å². The number of hydrogen-bond donors (Lipinski definition) is 1. The van der Waals surface area contributed by atoms with E-state index < -0.39 is 6.43 Å². The van der Waals surface area contributed by atoms with Crippen LogP contribution in [-0.4, -0.2) is 40.7 Å². The molecule has 20 heavy (non-hydrogen) atoms. The molecule has 6 heteroatoms. The number of para-hydroxylation sites is 1. The largest absolute Gasteiger partial charge is 0.329 e. The number of alkyl halides is 2. The Bertz CT molecular complexity index is 553. The fourth-order valence-electron chi connectivity index (χ4n) is 2.38. The summed E-state index contributed by atoms with van der Waals surface area (Å²) in [6, 6.07) is 7.87. The smallest absolute Gasteiger partial charge is 0.251 e. The van der Waals surface area contributed by atoms with Crippen molar-refractivity contribution in [3.8, 4) is 0 Å². The first-order valence-electron chi connectivity index (χ1n) is 6.80. The van der Waals surface area contributed by atoms with Crippen LogP contribution >= 0.6 is 0 Å². The highest BCUT2D eigenvalue weighted by Gasteiger charge is 2.16. The first-order chi connectivity index (χ1) is 9.65. The molecule has 1 heterocycles. The van der Waals surface area contributed by atoms with Crippen molar-refractivity contribution in [2.45, 2.75) is 26.4 Å². The maximum absolute atomic E-state index is 12.6. The summed E-state index contributed by atoms with van der Waals surface area (Å²) in [7, 11) is 0. The topological polar surface area (TPSA) is 47.1 Å². The number of aryl methyl sites for hydroxylation is 1. The van der Waals surface area contributed by atoms with E-state index >= 15 is 0 Å². The van der Waals surface area contributed by atoms with Crippen molar-refractivity contribution < 1.29 is 8.78 Å². The Kier molecular flexibility index (Phi) is 5.03. The van der Waals surface area contributed by atoms with Crippen LogP contribution in [0.5, 0.6) is 0 Å². The second-order valence-corrected chi connectivity index (χ2v) is 4.69. The van der Waals surface area contributed by atoms with E-state index in [1.807, 2.05) is 35.9 Å². The Morgan fingerprint density at radius 3 is 2.75 bits per heavy atom. The summed E-state index contributed by atoms with van der Waals surface area (Å²) >= 11 is 0. The van der Waals surface area contributed by atoms with Crippen molar-refractivity contribution in [3.63, 3.8) is 0 Å². The molecule has 0 aliphatic rings. The Balaban J connectivity index is 2.27. The van der Waals surface area contributed by atoms with Crippen LogP contribution < -0.4 is 5.73 Å². The van der Waals surface area contributed by atoms with Gasteiger partial charge in [-0.25, -0.2) is 8.78 Å². The van der Waals surface area contributed by atoms with E-state index in [-0.39, 0.29) is 6.54 Å². The first kappa shape index (κ1) is 14.9. The Hall–Kier alpha value is -1.53. The number of fused-ring (bicyclic) bond motifs is 1. The SMILES string of the molecule is CCn1nc(CN(CCN)CC(F)F)c2ccccc21. The van der Waals surface area contributed by atoms with E-state index in [2.05, 4.69) is 5.10 Å². The van der Waals surface area contributed by atoms with Gasteiger partial charge in [0.05, 0.1) is 17.8 Å². The number of rotatable bonds is 7. The van der Waals surface area contributed by atoms with Crippen LogP contribution in [0.2, 0.25) is 0 Å². The van der Waals surface area contributed by atoms with Crippen LogP contribution in [0.4, 0.5) is 8.78 Å². The van der Waals surface area contributed by atoms with Gasteiger partial charge in [0.15, 0.2) is 0 Å². The van der Waals surface area contributed by atoms with E-state index in [9.17, 15) is 8.78 Å². The summed E-state index contributed by atoms with van der Waals surface area (Å²) in [5.74, 6) is 0. The second kappa shape index (κ2) is 6.76. The fraction of sp³-hybridized carbons (Fsp3) is 0.500. The van der Waals surface area contributed by atoms with E-state index in [1.165, 1.54) is 0 Å². The maximum Gasteiger partial charge on any atom is 0.251 e.